The number of benzene rings is 1. The lowest BCUT2D eigenvalue weighted by Crippen LogP contribution is -2.42. The molecule has 2 rings (SSSR count). The Hall–Kier alpha value is -1.63. The predicted octanol–water partition coefficient (Wildman–Crippen LogP) is 2.35. The molecule has 0 N–H and O–H groups in total. The normalized spacial score (nSPS) is 28.3. The van der Waals surface area contributed by atoms with Gasteiger partial charge in [-0.1, -0.05) is 23.7 Å². The molecule has 126 valence electrons. The molecular weight excluding hydrogens is 324 g/mol. The van der Waals surface area contributed by atoms with Crippen LogP contribution in [0.3, 0.4) is 0 Å². The van der Waals surface area contributed by atoms with E-state index in [1.165, 1.54) is 21.3 Å². The second kappa shape index (κ2) is 6.86. The summed E-state index contributed by atoms with van der Waals surface area (Å²) in [6.45, 7) is 1.60. The molecule has 4 atom stereocenters. The summed E-state index contributed by atoms with van der Waals surface area (Å²) < 4.78 is 21.0. The molecule has 1 unspecified atom stereocenters. The highest BCUT2D eigenvalue weighted by Gasteiger charge is 2.60. The summed E-state index contributed by atoms with van der Waals surface area (Å²) in [4.78, 5) is 24.3. The summed E-state index contributed by atoms with van der Waals surface area (Å²) in [5.41, 5.74) is 0.748. The highest BCUT2D eigenvalue weighted by molar-refractivity contribution is 6.30. The first-order chi connectivity index (χ1) is 10.9. The van der Waals surface area contributed by atoms with Crippen LogP contribution in [0.1, 0.15) is 18.6 Å². The van der Waals surface area contributed by atoms with Gasteiger partial charge in [0.15, 0.2) is 5.92 Å². The van der Waals surface area contributed by atoms with Gasteiger partial charge in [0, 0.05) is 26.2 Å². The summed E-state index contributed by atoms with van der Waals surface area (Å²) in [5, 5.41) is 0.571. The van der Waals surface area contributed by atoms with E-state index in [1.807, 2.05) is 0 Å². The number of hydrogen-bond acceptors (Lipinski definition) is 6. The number of methoxy groups -OCH3 is 3. The van der Waals surface area contributed by atoms with Gasteiger partial charge >= 0.3 is 11.9 Å². The molecule has 0 radical (unpaired) electrons. The Morgan fingerprint density at radius 2 is 1.87 bits per heavy atom. The van der Waals surface area contributed by atoms with E-state index in [0.717, 1.165) is 5.56 Å². The zero-order valence-electron chi connectivity index (χ0n) is 13.4. The number of cyclic esters (lactones) is 1. The fraction of sp³-hybridized carbons (Fsp3) is 0.500. The van der Waals surface area contributed by atoms with Crippen LogP contribution in [0.25, 0.3) is 0 Å². The van der Waals surface area contributed by atoms with Crippen molar-refractivity contribution in [1.29, 1.82) is 0 Å². The van der Waals surface area contributed by atoms with Crippen molar-refractivity contribution in [3.05, 3.63) is 34.9 Å². The Bertz CT molecular complexity index is 587. The van der Waals surface area contributed by atoms with Gasteiger partial charge < -0.3 is 18.9 Å². The lowest BCUT2D eigenvalue weighted by Gasteiger charge is -2.34. The molecule has 0 bridgehead atoms. The molecule has 0 amide bonds. The number of ether oxygens (including phenoxy) is 4. The third-order valence-electron chi connectivity index (χ3n) is 4.16. The van der Waals surface area contributed by atoms with Crippen LogP contribution in [0.4, 0.5) is 0 Å². The number of esters is 2. The van der Waals surface area contributed by atoms with Crippen molar-refractivity contribution in [3.63, 3.8) is 0 Å². The minimum absolute atomic E-state index is 0.571. The molecule has 0 aliphatic carbocycles. The molecule has 6 nitrogen and oxygen atoms in total. The molecule has 1 aromatic rings. The fourth-order valence-corrected chi connectivity index (χ4v) is 3.05. The second-order valence-electron chi connectivity index (χ2n) is 5.38. The minimum Gasteiger partial charge on any atom is -0.468 e. The molecular formula is C16H19ClO6. The Morgan fingerprint density at radius 3 is 2.35 bits per heavy atom. The first-order valence-electron chi connectivity index (χ1n) is 7.02. The first-order valence-corrected chi connectivity index (χ1v) is 7.39. The summed E-state index contributed by atoms with van der Waals surface area (Å²) >= 11 is 5.91. The van der Waals surface area contributed by atoms with E-state index in [0.29, 0.717) is 5.02 Å². The number of carbonyl (C=O) groups excluding carboxylic acids is 2. The molecule has 1 aromatic carbocycles. The molecule has 7 heteroatoms. The molecule has 1 heterocycles. The quantitative estimate of drug-likeness (QED) is 0.604. The predicted molar refractivity (Wildman–Crippen MR) is 81.7 cm³/mol. The second-order valence-corrected chi connectivity index (χ2v) is 5.81. The van der Waals surface area contributed by atoms with Crippen molar-refractivity contribution in [2.24, 2.45) is 11.8 Å². The summed E-state index contributed by atoms with van der Waals surface area (Å²) in [6.07, 6.45) is -0.618. The van der Waals surface area contributed by atoms with E-state index in [9.17, 15) is 9.59 Å². The fourth-order valence-electron chi connectivity index (χ4n) is 2.92. The van der Waals surface area contributed by atoms with E-state index in [4.69, 9.17) is 30.5 Å². The zero-order valence-corrected chi connectivity index (χ0v) is 14.1. The van der Waals surface area contributed by atoms with Gasteiger partial charge in [-0.25, -0.2) is 0 Å². The average Bonchev–Trinajstić information content (AvgIpc) is 2.81. The van der Waals surface area contributed by atoms with Gasteiger partial charge in [-0.05, 0) is 17.7 Å². The molecule has 0 spiro atoms. The Kier molecular flexibility index (Phi) is 5.29. The average molecular weight is 343 g/mol. The molecule has 1 aliphatic heterocycles. The first kappa shape index (κ1) is 17.7. The molecule has 1 aliphatic rings. The maximum absolute atomic E-state index is 12.2. The van der Waals surface area contributed by atoms with Crippen LogP contribution in [0.5, 0.6) is 0 Å². The van der Waals surface area contributed by atoms with Gasteiger partial charge in [-0.2, -0.15) is 0 Å². The molecule has 1 saturated heterocycles. The Labute approximate surface area is 139 Å². The number of carbonyl (C=O) groups is 2. The molecule has 1 fully saturated rings. The van der Waals surface area contributed by atoms with Crippen LogP contribution in [-0.4, -0.2) is 39.1 Å². The van der Waals surface area contributed by atoms with Crippen molar-refractivity contribution in [3.8, 4) is 0 Å². The van der Waals surface area contributed by atoms with Gasteiger partial charge in [0.05, 0.1) is 19.1 Å². The van der Waals surface area contributed by atoms with Crippen LogP contribution in [-0.2, 0) is 28.5 Å². The highest BCUT2D eigenvalue weighted by Crippen LogP contribution is 2.47. The standard InChI is InChI=1S/C16H19ClO6/c1-16(22-4)12(11(14(18)21-3)15(19)23-16)13(20-2)9-5-7-10(17)8-6-9/h5-8,11-13H,1-4H3/t11-,12-,13?,16-/m1/s1. The van der Waals surface area contributed by atoms with Crippen molar-refractivity contribution in [1.82, 2.24) is 0 Å². The van der Waals surface area contributed by atoms with E-state index >= 15 is 0 Å². The van der Waals surface area contributed by atoms with Crippen LogP contribution >= 0.6 is 11.6 Å². The number of rotatable bonds is 5. The summed E-state index contributed by atoms with van der Waals surface area (Å²) in [5.74, 6) is -4.53. The Balaban J connectivity index is 2.49. The van der Waals surface area contributed by atoms with Crippen LogP contribution in [0, 0.1) is 11.8 Å². The number of halogens is 1. The smallest absolute Gasteiger partial charge is 0.323 e. The van der Waals surface area contributed by atoms with Crippen molar-refractivity contribution in [2.75, 3.05) is 21.3 Å². The minimum atomic E-state index is -1.31. The SMILES string of the molecule is COC(=O)[C@@H]1C(=O)O[C@@](C)(OC)[C@H]1C(OC)c1ccc(Cl)cc1. The Morgan fingerprint density at radius 1 is 1.26 bits per heavy atom. The third kappa shape index (κ3) is 3.20. The molecule has 0 aromatic heterocycles. The topological polar surface area (TPSA) is 71.1 Å². The largest absolute Gasteiger partial charge is 0.468 e. The van der Waals surface area contributed by atoms with Crippen LogP contribution in [0.15, 0.2) is 24.3 Å². The van der Waals surface area contributed by atoms with Gasteiger partial charge in [-0.15, -0.1) is 0 Å². The third-order valence-corrected chi connectivity index (χ3v) is 4.41. The monoisotopic (exact) mass is 342 g/mol. The maximum atomic E-state index is 12.2. The maximum Gasteiger partial charge on any atom is 0.323 e. The lowest BCUT2D eigenvalue weighted by atomic mass is 9.81. The molecule has 23 heavy (non-hydrogen) atoms. The lowest BCUT2D eigenvalue weighted by molar-refractivity contribution is -0.221. The summed E-state index contributed by atoms with van der Waals surface area (Å²) in [6, 6.07) is 6.95. The number of hydrogen-bond donors (Lipinski definition) is 0. The van der Waals surface area contributed by atoms with Gasteiger partial charge in [-0.3, -0.25) is 9.59 Å². The van der Waals surface area contributed by atoms with Crippen LogP contribution in [0.2, 0.25) is 5.02 Å². The molecule has 0 saturated carbocycles. The van der Waals surface area contributed by atoms with Crippen molar-refractivity contribution in [2.45, 2.75) is 18.8 Å². The van der Waals surface area contributed by atoms with Gasteiger partial charge in [0.2, 0.25) is 5.79 Å². The van der Waals surface area contributed by atoms with Crippen LogP contribution < -0.4 is 0 Å². The van der Waals surface area contributed by atoms with Crippen molar-refractivity contribution < 1.29 is 28.5 Å². The summed E-state index contributed by atoms with van der Waals surface area (Å²) in [7, 11) is 4.13. The zero-order chi connectivity index (χ0) is 17.2. The van der Waals surface area contributed by atoms with Gasteiger partial charge in [0.1, 0.15) is 0 Å². The van der Waals surface area contributed by atoms with E-state index in [-0.39, 0.29) is 0 Å². The highest BCUT2D eigenvalue weighted by atomic mass is 35.5. The van der Waals surface area contributed by atoms with Gasteiger partial charge in [0.25, 0.3) is 0 Å². The van der Waals surface area contributed by atoms with Crippen molar-refractivity contribution >= 4 is 23.5 Å². The van der Waals surface area contributed by atoms with E-state index in [2.05, 4.69) is 0 Å². The van der Waals surface area contributed by atoms with E-state index < -0.39 is 35.7 Å². The van der Waals surface area contributed by atoms with E-state index in [1.54, 1.807) is 31.2 Å².